The number of hydrogen-bond acceptors (Lipinski definition) is 5. The molecule has 0 spiro atoms. The summed E-state index contributed by atoms with van der Waals surface area (Å²) in [5.41, 5.74) is 5.24. The van der Waals surface area contributed by atoms with Crippen molar-refractivity contribution in [1.29, 1.82) is 0 Å². The fraction of sp³-hybridized carbons (Fsp3) is 0.500. The van der Waals surface area contributed by atoms with E-state index in [-0.39, 0.29) is 19.3 Å². The molecule has 116 valence electrons. The molecule has 0 fully saturated rings. The molecule has 2 amide bonds. The van der Waals surface area contributed by atoms with Crippen LogP contribution in [-0.2, 0) is 19.2 Å². The van der Waals surface area contributed by atoms with Gasteiger partial charge in [-0.2, -0.15) is 0 Å². The minimum atomic E-state index is -1.23. The summed E-state index contributed by atoms with van der Waals surface area (Å²) in [6.07, 6.45) is 4.65. The molecule has 2 atom stereocenters. The number of nitrogens with two attached hydrogens (primary N) is 1. The molecule has 0 saturated heterocycles. The SMILES string of the molecule is C#CC[C@H](NC(=O)CC[C@H](N)C(=O)O)C(=O)NCC(=O)O. The second-order valence-corrected chi connectivity index (χ2v) is 4.12. The number of amides is 2. The van der Waals surface area contributed by atoms with E-state index in [1.807, 2.05) is 0 Å². The summed E-state index contributed by atoms with van der Waals surface area (Å²) in [6.45, 7) is -0.598. The molecule has 6 N–H and O–H groups in total. The Morgan fingerprint density at radius 1 is 1.24 bits per heavy atom. The summed E-state index contributed by atoms with van der Waals surface area (Å²) >= 11 is 0. The van der Waals surface area contributed by atoms with Crippen LogP contribution in [0.4, 0.5) is 0 Å². The van der Waals surface area contributed by atoms with Crippen LogP contribution < -0.4 is 16.4 Å². The lowest BCUT2D eigenvalue weighted by molar-refractivity contribution is -0.139. The van der Waals surface area contributed by atoms with Crippen molar-refractivity contribution in [3.8, 4) is 12.3 Å². The van der Waals surface area contributed by atoms with Crippen molar-refractivity contribution < 1.29 is 29.4 Å². The zero-order valence-corrected chi connectivity index (χ0v) is 11.2. The number of aliphatic carboxylic acids is 2. The minimum Gasteiger partial charge on any atom is -0.480 e. The molecule has 0 heterocycles. The number of carbonyl (C=O) groups is 4. The minimum absolute atomic E-state index is 0.0965. The molecular formula is C12H17N3O6. The van der Waals surface area contributed by atoms with Gasteiger partial charge in [0.05, 0.1) is 0 Å². The molecule has 0 aliphatic carbocycles. The Morgan fingerprint density at radius 2 is 1.86 bits per heavy atom. The molecule has 9 heteroatoms. The third kappa shape index (κ3) is 8.22. The van der Waals surface area contributed by atoms with Crippen LogP contribution in [0.2, 0.25) is 0 Å². The quantitative estimate of drug-likeness (QED) is 0.304. The monoisotopic (exact) mass is 299 g/mol. The number of carboxylic acids is 2. The highest BCUT2D eigenvalue weighted by Crippen LogP contribution is 1.98. The summed E-state index contributed by atoms with van der Waals surface area (Å²) in [4.78, 5) is 44.0. The highest BCUT2D eigenvalue weighted by atomic mass is 16.4. The van der Waals surface area contributed by atoms with E-state index >= 15 is 0 Å². The topological polar surface area (TPSA) is 159 Å². The first-order valence-corrected chi connectivity index (χ1v) is 5.98. The Hall–Kier alpha value is -2.60. The molecule has 0 rings (SSSR count). The van der Waals surface area contributed by atoms with Gasteiger partial charge < -0.3 is 26.6 Å². The fourth-order valence-corrected chi connectivity index (χ4v) is 1.29. The lowest BCUT2D eigenvalue weighted by Crippen LogP contribution is -2.48. The van der Waals surface area contributed by atoms with E-state index in [9.17, 15) is 19.2 Å². The van der Waals surface area contributed by atoms with Crippen molar-refractivity contribution in [2.45, 2.75) is 31.3 Å². The number of carbonyl (C=O) groups excluding carboxylic acids is 2. The summed E-state index contributed by atoms with van der Waals surface area (Å²) in [5, 5.41) is 21.4. The molecule has 9 nitrogen and oxygen atoms in total. The van der Waals surface area contributed by atoms with Gasteiger partial charge in [-0.25, -0.2) is 0 Å². The second kappa shape index (κ2) is 9.33. The largest absolute Gasteiger partial charge is 0.480 e. The summed E-state index contributed by atoms with van der Waals surface area (Å²) < 4.78 is 0. The standard InChI is InChI=1S/C12H17N3O6/c1-2-3-8(11(19)14-6-10(17)18)15-9(16)5-4-7(13)12(20)21/h1,7-8H,3-6,13H2,(H,14,19)(H,15,16)(H,17,18)(H,20,21)/t7-,8-/m0/s1. The van der Waals surface area contributed by atoms with Gasteiger partial charge in [0.25, 0.3) is 0 Å². The molecule has 0 unspecified atom stereocenters. The van der Waals surface area contributed by atoms with Crippen LogP contribution in [0.3, 0.4) is 0 Å². The first-order chi connectivity index (χ1) is 9.77. The van der Waals surface area contributed by atoms with Gasteiger partial charge in [0.15, 0.2) is 0 Å². The summed E-state index contributed by atoms with van der Waals surface area (Å²) in [5.74, 6) is -1.62. The Morgan fingerprint density at radius 3 is 2.33 bits per heavy atom. The van der Waals surface area contributed by atoms with Crippen molar-refractivity contribution in [3.63, 3.8) is 0 Å². The first-order valence-electron chi connectivity index (χ1n) is 5.98. The predicted molar refractivity (Wildman–Crippen MR) is 70.9 cm³/mol. The Labute approximate surface area is 120 Å². The normalized spacial score (nSPS) is 12.6. The molecule has 0 saturated carbocycles. The van der Waals surface area contributed by atoms with E-state index in [0.717, 1.165) is 0 Å². The van der Waals surface area contributed by atoms with Crippen molar-refractivity contribution in [1.82, 2.24) is 10.6 Å². The maximum absolute atomic E-state index is 11.6. The zero-order chi connectivity index (χ0) is 16.4. The van der Waals surface area contributed by atoms with Crippen molar-refractivity contribution in [2.75, 3.05) is 6.54 Å². The van der Waals surface area contributed by atoms with Crippen LogP contribution in [-0.4, -0.2) is 52.6 Å². The maximum Gasteiger partial charge on any atom is 0.322 e. The molecule has 0 aliphatic heterocycles. The Bertz CT molecular complexity index is 456. The van der Waals surface area contributed by atoms with Gasteiger partial charge in [0, 0.05) is 12.8 Å². The Kier molecular flexibility index (Phi) is 8.17. The first kappa shape index (κ1) is 18.4. The second-order valence-electron chi connectivity index (χ2n) is 4.12. The maximum atomic E-state index is 11.6. The molecule has 0 aromatic rings. The van der Waals surface area contributed by atoms with Gasteiger partial charge in [-0.3, -0.25) is 19.2 Å². The highest BCUT2D eigenvalue weighted by molar-refractivity contribution is 5.89. The van der Waals surface area contributed by atoms with Crippen LogP contribution >= 0.6 is 0 Å². The number of nitrogens with one attached hydrogen (secondary N) is 2. The number of terminal acetylenes is 1. The third-order valence-corrected chi connectivity index (χ3v) is 2.39. The van der Waals surface area contributed by atoms with Gasteiger partial charge in [-0.1, -0.05) is 0 Å². The predicted octanol–water partition coefficient (Wildman–Crippen LogP) is -2.11. The van der Waals surface area contributed by atoms with Crippen LogP contribution in [0, 0.1) is 12.3 Å². The molecular weight excluding hydrogens is 282 g/mol. The van der Waals surface area contributed by atoms with Crippen molar-refractivity contribution in [3.05, 3.63) is 0 Å². The zero-order valence-electron chi connectivity index (χ0n) is 11.2. The average molecular weight is 299 g/mol. The smallest absolute Gasteiger partial charge is 0.322 e. The van der Waals surface area contributed by atoms with E-state index in [0.29, 0.717) is 0 Å². The molecule has 0 radical (unpaired) electrons. The fourth-order valence-electron chi connectivity index (χ4n) is 1.29. The van der Waals surface area contributed by atoms with Crippen LogP contribution in [0.15, 0.2) is 0 Å². The highest BCUT2D eigenvalue weighted by Gasteiger charge is 2.21. The molecule has 21 heavy (non-hydrogen) atoms. The van der Waals surface area contributed by atoms with Gasteiger partial charge in [-0.05, 0) is 6.42 Å². The van der Waals surface area contributed by atoms with Crippen LogP contribution in [0.25, 0.3) is 0 Å². The number of carboxylic acid groups (broad SMARTS) is 2. The molecule has 0 aromatic heterocycles. The van der Waals surface area contributed by atoms with Gasteiger partial charge in [-0.15, -0.1) is 12.3 Å². The molecule has 0 bridgehead atoms. The van der Waals surface area contributed by atoms with E-state index in [1.54, 1.807) is 0 Å². The summed E-state index contributed by atoms with van der Waals surface area (Å²) in [6, 6.07) is -2.26. The van der Waals surface area contributed by atoms with Crippen molar-refractivity contribution in [2.24, 2.45) is 5.73 Å². The van der Waals surface area contributed by atoms with E-state index < -0.39 is 42.4 Å². The lowest BCUT2D eigenvalue weighted by atomic mass is 10.1. The summed E-state index contributed by atoms with van der Waals surface area (Å²) in [7, 11) is 0. The Balaban J connectivity index is 4.39. The average Bonchev–Trinajstić information content (AvgIpc) is 2.41. The molecule has 0 aromatic carbocycles. The van der Waals surface area contributed by atoms with E-state index in [2.05, 4.69) is 16.6 Å². The van der Waals surface area contributed by atoms with E-state index in [4.69, 9.17) is 22.4 Å². The lowest BCUT2D eigenvalue weighted by Gasteiger charge is -2.16. The van der Waals surface area contributed by atoms with Crippen LogP contribution in [0.5, 0.6) is 0 Å². The van der Waals surface area contributed by atoms with Gasteiger partial charge in [0.2, 0.25) is 11.8 Å². The number of hydrogen-bond donors (Lipinski definition) is 5. The molecule has 0 aliphatic rings. The third-order valence-electron chi connectivity index (χ3n) is 2.39. The van der Waals surface area contributed by atoms with Gasteiger partial charge >= 0.3 is 11.9 Å². The van der Waals surface area contributed by atoms with Gasteiger partial charge in [0.1, 0.15) is 18.6 Å². The van der Waals surface area contributed by atoms with Crippen LogP contribution in [0.1, 0.15) is 19.3 Å². The van der Waals surface area contributed by atoms with Crippen molar-refractivity contribution >= 4 is 23.8 Å². The number of rotatable bonds is 9. The van der Waals surface area contributed by atoms with E-state index in [1.165, 1.54) is 0 Å².